The first-order valence-corrected chi connectivity index (χ1v) is 8.02. The first-order valence-electron chi connectivity index (χ1n) is 8.02. The van der Waals surface area contributed by atoms with Gasteiger partial charge in [-0.1, -0.05) is 17.7 Å². The highest BCUT2D eigenvalue weighted by molar-refractivity contribution is 5.92. The van der Waals surface area contributed by atoms with Crippen molar-refractivity contribution in [3.8, 4) is 0 Å². The van der Waals surface area contributed by atoms with Crippen molar-refractivity contribution in [2.75, 3.05) is 0 Å². The second kappa shape index (κ2) is 5.54. The quantitative estimate of drug-likeness (QED) is 0.764. The van der Waals surface area contributed by atoms with Gasteiger partial charge in [-0.3, -0.25) is 9.78 Å². The first kappa shape index (κ1) is 14.0. The molecule has 4 heteroatoms. The standard InChI is InChI=1S/C19H19N3O/c1-12-5-8-16-15(10-12)14-7-6-13(11-18(14)22-16)21-19(23)17-4-2-3-9-20-17/h2-5,8-10,13,22H,6-7,11H2,1H3,(H,21,23). The van der Waals surface area contributed by atoms with E-state index in [9.17, 15) is 4.79 Å². The summed E-state index contributed by atoms with van der Waals surface area (Å²) in [5.41, 5.74) is 5.61. The molecule has 1 aliphatic carbocycles. The fraction of sp³-hybridized carbons (Fsp3) is 0.263. The molecule has 0 saturated carbocycles. The number of nitrogens with one attached hydrogen (secondary N) is 2. The smallest absolute Gasteiger partial charge is 0.270 e. The van der Waals surface area contributed by atoms with Gasteiger partial charge in [-0.25, -0.2) is 0 Å². The fourth-order valence-corrected chi connectivity index (χ4v) is 3.42. The Balaban J connectivity index is 1.55. The van der Waals surface area contributed by atoms with Crippen LogP contribution in [0.25, 0.3) is 10.9 Å². The van der Waals surface area contributed by atoms with Crippen LogP contribution in [0.5, 0.6) is 0 Å². The van der Waals surface area contributed by atoms with Gasteiger partial charge in [0.2, 0.25) is 0 Å². The van der Waals surface area contributed by atoms with Crippen molar-refractivity contribution in [3.63, 3.8) is 0 Å². The highest BCUT2D eigenvalue weighted by Crippen LogP contribution is 2.29. The number of benzene rings is 1. The summed E-state index contributed by atoms with van der Waals surface area (Å²) in [6, 6.07) is 12.1. The highest BCUT2D eigenvalue weighted by atomic mass is 16.1. The Bertz CT molecular complexity index is 867. The van der Waals surface area contributed by atoms with E-state index < -0.39 is 0 Å². The van der Waals surface area contributed by atoms with Crippen molar-refractivity contribution in [3.05, 3.63) is 65.1 Å². The third-order valence-corrected chi connectivity index (χ3v) is 4.58. The number of hydrogen-bond donors (Lipinski definition) is 2. The Hall–Kier alpha value is -2.62. The van der Waals surface area contributed by atoms with Crippen molar-refractivity contribution >= 4 is 16.8 Å². The number of carbonyl (C=O) groups excluding carboxylic acids is 1. The predicted molar refractivity (Wildman–Crippen MR) is 90.6 cm³/mol. The van der Waals surface area contributed by atoms with E-state index in [1.165, 1.54) is 27.7 Å². The Kier molecular flexibility index (Phi) is 3.37. The van der Waals surface area contributed by atoms with Crippen LogP contribution in [0.3, 0.4) is 0 Å². The van der Waals surface area contributed by atoms with Gasteiger partial charge in [-0.15, -0.1) is 0 Å². The molecule has 1 aliphatic rings. The normalized spacial score (nSPS) is 17.0. The number of fused-ring (bicyclic) bond motifs is 3. The van der Waals surface area contributed by atoms with Crippen LogP contribution in [-0.4, -0.2) is 21.9 Å². The summed E-state index contributed by atoms with van der Waals surface area (Å²) in [5.74, 6) is -0.0917. The Morgan fingerprint density at radius 1 is 1.30 bits per heavy atom. The van der Waals surface area contributed by atoms with Gasteiger partial charge in [-0.05, 0) is 49.6 Å². The van der Waals surface area contributed by atoms with Gasteiger partial charge < -0.3 is 10.3 Å². The molecule has 4 rings (SSSR count). The largest absolute Gasteiger partial charge is 0.358 e. The number of H-pyrrole nitrogens is 1. The van der Waals surface area contributed by atoms with Crippen molar-refractivity contribution < 1.29 is 4.79 Å². The summed E-state index contributed by atoms with van der Waals surface area (Å²) >= 11 is 0. The molecule has 1 unspecified atom stereocenters. The number of amides is 1. The van der Waals surface area contributed by atoms with Gasteiger partial charge in [-0.2, -0.15) is 0 Å². The minimum Gasteiger partial charge on any atom is -0.358 e. The Morgan fingerprint density at radius 3 is 3.04 bits per heavy atom. The van der Waals surface area contributed by atoms with E-state index in [4.69, 9.17) is 0 Å². The van der Waals surface area contributed by atoms with E-state index in [1.807, 2.05) is 12.1 Å². The number of aryl methyl sites for hydroxylation is 2. The maximum Gasteiger partial charge on any atom is 0.270 e. The van der Waals surface area contributed by atoms with Crippen molar-refractivity contribution in [2.24, 2.45) is 0 Å². The second-order valence-corrected chi connectivity index (χ2v) is 6.26. The first-order chi connectivity index (χ1) is 11.2. The summed E-state index contributed by atoms with van der Waals surface area (Å²) in [7, 11) is 0. The summed E-state index contributed by atoms with van der Waals surface area (Å²) in [4.78, 5) is 19.9. The van der Waals surface area contributed by atoms with E-state index in [2.05, 4.69) is 40.4 Å². The second-order valence-electron chi connectivity index (χ2n) is 6.26. The molecular formula is C19H19N3O. The van der Waals surface area contributed by atoms with E-state index in [0.717, 1.165) is 19.3 Å². The molecule has 2 aromatic heterocycles. The number of hydrogen-bond acceptors (Lipinski definition) is 2. The average molecular weight is 305 g/mol. The van der Waals surface area contributed by atoms with Gasteiger partial charge in [0, 0.05) is 35.3 Å². The molecule has 3 aromatic rings. The molecule has 1 amide bonds. The summed E-state index contributed by atoms with van der Waals surface area (Å²) < 4.78 is 0. The lowest BCUT2D eigenvalue weighted by Crippen LogP contribution is -2.39. The van der Waals surface area contributed by atoms with Crippen molar-refractivity contribution in [2.45, 2.75) is 32.2 Å². The number of rotatable bonds is 2. The maximum atomic E-state index is 12.3. The number of aromatic amines is 1. The van der Waals surface area contributed by atoms with Gasteiger partial charge in [0.05, 0.1) is 0 Å². The maximum absolute atomic E-state index is 12.3. The van der Waals surface area contributed by atoms with E-state index in [1.54, 1.807) is 12.3 Å². The summed E-state index contributed by atoms with van der Waals surface area (Å²) in [5, 5.41) is 4.44. The zero-order valence-electron chi connectivity index (χ0n) is 13.1. The van der Waals surface area contributed by atoms with Gasteiger partial charge >= 0.3 is 0 Å². The topological polar surface area (TPSA) is 57.8 Å². The third-order valence-electron chi connectivity index (χ3n) is 4.58. The molecule has 0 aliphatic heterocycles. The lowest BCUT2D eigenvalue weighted by atomic mass is 9.91. The molecular weight excluding hydrogens is 286 g/mol. The van der Waals surface area contributed by atoms with Crippen LogP contribution in [0.1, 0.15) is 33.7 Å². The zero-order chi connectivity index (χ0) is 15.8. The molecule has 0 fully saturated rings. The molecule has 0 radical (unpaired) electrons. The molecule has 0 spiro atoms. The molecule has 0 saturated heterocycles. The molecule has 1 atom stereocenters. The minimum absolute atomic E-state index is 0.0917. The van der Waals surface area contributed by atoms with Crippen LogP contribution in [0.4, 0.5) is 0 Å². The van der Waals surface area contributed by atoms with Crippen molar-refractivity contribution in [1.82, 2.24) is 15.3 Å². The lowest BCUT2D eigenvalue weighted by molar-refractivity contribution is 0.0928. The van der Waals surface area contributed by atoms with Crippen LogP contribution < -0.4 is 5.32 Å². The van der Waals surface area contributed by atoms with E-state index in [-0.39, 0.29) is 11.9 Å². The monoisotopic (exact) mass is 305 g/mol. The van der Waals surface area contributed by atoms with E-state index >= 15 is 0 Å². The van der Waals surface area contributed by atoms with Crippen molar-refractivity contribution in [1.29, 1.82) is 0 Å². The lowest BCUT2D eigenvalue weighted by Gasteiger charge is -2.23. The Morgan fingerprint density at radius 2 is 2.22 bits per heavy atom. The Labute approximate surface area is 134 Å². The summed E-state index contributed by atoms with van der Waals surface area (Å²) in [6.07, 6.45) is 4.45. The van der Waals surface area contributed by atoms with Crippen LogP contribution in [0, 0.1) is 6.92 Å². The number of aromatic nitrogens is 2. The van der Waals surface area contributed by atoms with Crippen LogP contribution in [0.15, 0.2) is 42.6 Å². The molecule has 4 nitrogen and oxygen atoms in total. The van der Waals surface area contributed by atoms with Gasteiger partial charge in [0.1, 0.15) is 5.69 Å². The van der Waals surface area contributed by atoms with E-state index in [0.29, 0.717) is 5.69 Å². The summed E-state index contributed by atoms with van der Waals surface area (Å²) in [6.45, 7) is 2.12. The van der Waals surface area contributed by atoms with Gasteiger partial charge in [0.25, 0.3) is 5.91 Å². The van der Waals surface area contributed by atoms with Gasteiger partial charge in [0.15, 0.2) is 0 Å². The molecule has 23 heavy (non-hydrogen) atoms. The highest BCUT2D eigenvalue weighted by Gasteiger charge is 2.24. The number of pyridine rings is 1. The van der Waals surface area contributed by atoms with Crippen LogP contribution in [-0.2, 0) is 12.8 Å². The average Bonchev–Trinajstić information content (AvgIpc) is 2.92. The minimum atomic E-state index is -0.0917. The molecule has 116 valence electrons. The SMILES string of the molecule is Cc1ccc2[nH]c3c(c2c1)CCC(NC(=O)c1ccccn1)C3. The molecule has 2 heterocycles. The number of carbonyl (C=O) groups is 1. The molecule has 2 N–H and O–H groups in total. The third kappa shape index (κ3) is 2.61. The fourth-order valence-electron chi connectivity index (χ4n) is 3.42. The number of nitrogens with zero attached hydrogens (tertiary/aromatic N) is 1. The zero-order valence-corrected chi connectivity index (χ0v) is 13.1. The molecule has 0 bridgehead atoms. The molecule has 1 aromatic carbocycles. The predicted octanol–water partition coefficient (Wildman–Crippen LogP) is 3.16. The van der Waals surface area contributed by atoms with Crippen LogP contribution >= 0.6 is 0 Å². The van der Waals surface area contributed by atoms with Crippen LogP contribution in [0.2, 0.25) is 0 Å².